The maximum absolute atomic E-state index is 5.77. The minimum atomic E-state index is 0.262. The number of hydrogen-bond acceptors (Lipinski definition) is 7. The molecule has 0 radical (unpaired) electrons. The number of morpholine rings is 1. The van der Waals surface area contributed by atoms with Crippen molar-refractivity contribution in [2.75, 3.05) is 42.3 Å². The van der Waals surface area contributed by atoms with Crippen LogP contribution in [0.1, 0.15) is 20.3 Å². The Morgan fingerprint density at radius 2 is 1.95 bits per heavy atom. The highest BCUT2D eigenvalue weighted by Crippen LogP contribution is 2.46. The summed E-state index contributed by atoms with van der Waals surface area (Å²) in [7, 11) is 0. The van der Waals surface area contributed by atoms with Crippen LogP contribution in [0, 0.1) is 5.41 Å². The van der Waals surface area contributed by atoms with Crippen molar-refractivity contribution in [1.82, 2.24) is 15.0 Å². The first-order chi connectivity index (χ1) is 9.04. The molecule has 1 aliphatic carbocycles. The van der Waals surface area contributed by atoms with Crippen molar-refractivity contribution in [3.05, 3.63) is 0 Å². The Hall–Kier alpha value is -1.63. The number of nitrogen functional groups attached to an aromatic ring is 1. The summed E-state index contributed by atoms with van der Waals surface area (Å²) < 4.78 is 5.32. The van der Waals surface area contributed by atoms with E-state index in [9.17, 15) is 0 Å². The molecule has 1 aliphatic heterocycles. The zero-order chi connectivity index (χ0) is 13.5. The van der Waals surface area contributed by atoms with Crippen LogP contribution in [0.3, 0.4) is 0 Å². The normalized spacial score (nSPS) is 25.2. The van der Waals surface area contributed by atoms with Crippen molar-refractivity contribution >= 4 is 17.8 Å². The van der Waals surface area contributed by atoms with Gasteiger partial charge in [-0.2, -0.15) is 15.0 Å². The van der Waals surface area contributed by atoms with E-state index in [2.05, 4.69) is 39.0 Å². The average molecular weight is 264 g/mol. The lowest BCUT2D eigenvalue weighted by Crippen LogP contribution is -2.37. The predicted octanol–water partition coefficient (Wildman–Crippen LogP) is 0.501. The zero-order valence-electron chi connectivity index (χ0n) is 11.4. The highest BCUT2D eigenvalue weighted by Gasteiger charge is 2.46. The zero-order valence-corrected chi connectivity index (χ0v) is 11.4. The summed E-state index contributed by atoms with van der Waals surface area (Å²) in [5.74, 6) is 1.47. The average Bonchev–Trinajstić information content (AvgIpc) is 2.97. The number of hydrogen-bond donors (Lipinski definition) is 2. The molecule has 7 heteroatoms. The molecule has 2 heterocycles. The van der Waals surface area contributed by atoms with Crippen LogP contribution in [0.2, 0.25) is 0 Å². The van der Waals surface area contributed by atoms with Crippen LogP contribution in [-0.2, 0) is 4.74 Å². The molecule has 2 fully saturated rings. The topological polar surface area (TPSA) is 89.2 Å². The Labute approximate surface area is 112 Å². The summed E-state index contributed by atoms with van der Waals surface area (Å²) in [5, 5.41) is 3.33. The lowest BCUT2D eigenvalue weighted by atomic mass is 10.2. The lowest BCUT2D eigenvalue weighted by Gasteiger charge is -2.26. The summed E-state index contributed by atoms with van der Waals surface area (Å²) >= 11 is 0. The molecular formula is C12H20N6O. The second kappa shape index (κ2) is 4.48. The fourth-order valence-corrected chi connectivity index (χ4v) is 2.22. The third-order valence-corrected chi connectivity index (χ3v) is 3.75. The summed E-state index contributed by atoms with van der Waals surface area (Å²) in [6, 6.07) is 0.423. The first-order valence-electron chi connectivity index (χ1n) is 6.65. The summed E-state index contributed by atoms with van der Waals surface area (Å²) in [6.07, 6.45) is 1.13. The van der Waals surface area contributed by atoms with E-state index in [1.807, 2.05) is 0 Å². The third-order valence-electron chi connectivity index (χ3n) is 3.75. The van der Waals surface area contributed by atoms with Crippen LogP contribution in [0.15, 0.2) is 0 Å². The number of nitrogens with two attached hydrogens (primary N) is 1. The highest BCUT2D eigenvalue weighted by molar-refractivity contribution is 5.43. The van der Waals surface area contributed by atoms with E-state index in [0.29, 0.717) is 36.6 Å². The molecule has 1 unspecified atom stereocenters. The fourth-order valence-electron chi connectivity index (χ4n) is 2.22. The molecular weight excluding hydrogens is 244 g/mol. The predicted molar refractivity (Wildman–Crippen MR) is 73.1 cm³/mol. The van der Waals surface area contributed by atoms with E-state index in [4.69, 9.17) is 10.5 Å². The van der Waals surface area contributed by atoms with Gasteiger partial charge in [0.05, 0.1) is 13.2 Å². The molecule has 0 spiro atoms. The van der Waals surface area contributed by atoms with Gasteiger partial charge in [-0.25, -0.2) is 0 Å². The standard InChI is InChI=1S/C12H20N6O/c1-12(2)7-8(12)14-10-15-9(13)16-11(17-10)18-3-5-19-6-4-18/h8H,3-7H2,1-2H3,(H3,13,14,15,16,17). The smallest absolute Gasteiger partial charge is 0.232 e. The quantitative estimate of drug-likeness (QED) is 0.821. The number of nitrogens with one attached hydrogen (secondary N) is 1. The van der Waals surface area contributed by atoms with Gasteiger partial charge in [-0.15, -0.1) is 0 Å². The van der Waals surface area contributed by atoms with Crippen molar-refractivity contribution in [2.45, 2.75) is 26.3 Å². The van der Waals surface area contributed by atoms with Crippen molar-refractivity contribution in [1.29, 1.82) is 0 Å². The molecule has 3 N–H and O–H groups in total. The molecule has 0 aromatic carbocycles. The monoisotopic (exact) mass is 264 g/mol. The Morgan fingerprint density at radius 1 is 1.26 bits per heavy atom. The summed E-state index contributed by atoms with van der Waals surface area (Å²) in [4.78, 5) is 14.9. The van der Waals surface area contributed by atoms with Crippen LogP contribution < -0.4 is 16.0 Å². The van der Waals surface area contributed by atoms with E-state index in [1.54, 1.807) is 0 Å². The second-order valence-electron chi connectivity index (χ2n) is 5.81. The highest BCUT2D eigenvalue weighted by atomic mass is 16.5. The minimum absolute atomic E-state index is 0.262. The number of anilines is 3. The fraction of sp³-hybridized carbons (Fsp3) is 0.750. The summed E-state index contributed by atoms with van der Waals surface area (Å²) in [5.41, 5.74) is 6.09. The summed E-state index contributed by atoms with van der Waals surface area (Å²) in [6.45, 7) is 7.42. The molecule has 3 rings (SSSR count). The van der Waals surface area contributed by atoms with Gasteiger partial charge in [-0.3, -0.25) is 0 Å². The first kappa shape index (κ1) is 12.4. The SMILES string of the molecule is CC1(C)CC1Nc1nc(N)nc(N2CCOCC2)n1. The number of aromatic nitrogens is 3. The first-order valence-corrected chi connectivity index (χ1v) is 6.65. The van der Waals surface area contributed by atoms with E-state index in [1.165, 1.54) is 0 Å². The van der Waals surface area contributed by atoms with Crippen LogP contribution in [0.5, 0.6) is 0 Å². The molecule has 1 saturated heterocycles. The molecule has 104 valence electrons. The van der Waals surface area contributed by atoms with Gasteiger partial charge < -0.3 is 20.7 Å². The lowest BCUT2D eigenvalue weighted by molar-refractivity contribution is 0.122. The van der Waals surface area contributed by atoms with Crippen LogP contribution in [-0.4, -0.2) is 47.3 Å². The van der Waals surface area contributed by atoms with E-state index >= 15 is 0 Å². The van der Waals surface area contributed by atoms with Crippen LogP contribution in [0.4, 0.5) is 17.8 Å². The number of nitrogens with zero attached hydrogens (tertiary/aromatic N) is 4. The largest absolute Gasteiger partial charge is 0.378 e. The molecule has 1 saturated carbocycles. The van der Waals surface area contributed by atoms with Crippen molar-refractivity contribution in [2.24, 2.45) is 5.41 Å². The van der Waals surface area contributed by atoms with Crippen molar-refractivity contribution in [3.63, 3.8) is 0 Å². The Balaban J connectivity index is 1.76. The molecule has 7 nitrogen and oxygen atoms in total. The molecule has 0 amide bonds. The van der Waals surface area contributed by atoms with Crippen molar-refractivity contribution in [3.8, 4) is 0 Å². The molecule has 1 aromatic rings. The maximum Gasteiger partial charge on any atom is 0.232 e. The van der Waals surface area contributed by atoms with E-state index in [0.717, 1.165) is 19.5 Å². The van der Waals surface area contributed by atoms with Gasteiger partial charge >= 0.3 is 0 Å². The third kappa shape index (κ3) is 2.70. The van der Waals surface area contributed by atoms with Gasteiger partial charge in [-0.1, -0.05) is 13.8 Å². The van der Waals surface area contributed by atoms with Crippen LogP contribution >= 0.6 is 0 Å². The molecule has 1 aromatic heterocycles. The molecule has 1 atom stereocenters. The van der Waals surface area contributed by atoms with E-state index in [-0.39, 0.29) is 5.95 Å². The van der Waals surface area contributed by atoms with Crippen LogP contribution in [0.25, 0.3) is 0 Å². The van der Waals surface area contributed by atoms with E-state index < -0.39 is 0 Å². The number of ether oxygens (including phenoxy) is 1. The molecule has 0 bridgehead atoms. The van der Waals surface area contributed by atoms with Gasteiger partial charge in [0.1, 0.15) is 0 Å². The Morgan fingerprint density at radius 3 is 2.58 bits per heavy atom. The van der Waals surface area contributed by atoms with Gasteiger partial charge in [0, 0.05) is 19.1 Å². The van der Waals surface area contributed by atoms with Gasteiger partial charge in [0.2, 0.25) is 17.8 Å². The minimum Gasteiger partial charge on any atom is -0.378 e. The van der Waals surface area contributed by atoms with Crippen molar-refractivity contribution < 1.29 is 4.74 Å². The Bertz CT molecular complexity index is 471. The Kier molecular flexibility index (Phi) is 2.93. The van der Waals surface area contributed by atoms with Gasteiger partial charge in [0.25, 0.3) is 0 Å². The van der Waals surface area contributed by atoms with Gasteiger partial charge in [-0.05, 0) is 11.8 Å². The molecule has 19 heavy (non-hydrogen) atoms. The molecule has 2 aliphatic rings. The number of rotatable bonds is 3. The second-order valence-corrected chi connectivity index (χ2v) is 5.81. The maximum atomic E-state index is 5.77. The van der Waals surface area contributed by atoms with Gasteiger partial charge in [0.15, 0.2) is 0 Å².